The van der Waals surface area contributed by atoms with Crippen molar-refractivity contribution in [1.29, 1.82) is 0 Å². The Bertz CT molecular complexity index is 486. The van der Waals surface area contributed by atoms with Gasteiger partial charge in [0.15, 0.2) is 6.61 Å². The molecule has 0 unspecified atom stereocenters. The summed E-state index contributed by atoms with van der Waals surface area (Å²) in [7, 11) is 0. The summed E-state index contributed by atoms with van der Waals surface area (Å²) < 4.78 is 6.05. The van der Waals surface area contributed by atoms with Crippen LogP contribution in [0, 0.1) is 16.4 Å². The van der Waals surface area contributed by atoms with E-state index in [2.05, 4.69) is 27.9 Å². The molecule has 1 amide bonds. The van der Waals surface area contributed by atoms with Gasteiger partial charge in [0.1, 0.15) is 0 Å². The number of aryl methyl sites for hydroxylation is 1. The molecular formula is C15H20INO3. The Labute approximate surface area is 133 Å². The normalized spacial score (nSPS) is 10.4. The Kier molecular flexibility index (Phi) is 6.98. The van der Waals surface area contributed by atoms with Gasteiger partial charge in [-0.15, -0.1) is 0 Å². The Morgan fingerprint density at radius 1 is 1.35 bits per heavy atom. The second-order valence-corrected chi connectivity index (χ2v) is 6.35. The summed E-state index contributed by atoms with van der Waals surface area (Å²) in [5, 5.41) is 2.74. The van der Waals surface area contributed by atoms with Gasteiger partial charge in [0.2, 0.25) is 0 Å². The predicted molar refractivity (Wildman–Crippen MR) is 87.6 cm³/mol. The van der Waals surface area contributed by atoms with Crippen LogP contribution < -0.4 is 5.32 Å². The van der Waals surface area contributed by atoms with Gasteiger partial charge in [0.25, 0.3) is 5.91 Å². The lowest BCUT2D eigenvalue weighted by atomic mass is 10.1. The van der Waals surface area contributed by atoms with Crippen molar-refractivity contribution >= 4 is 40.2 Å². The summed E-state index contributed by atoms with van der Waals surface area (Å²) >= 11 is 2.21. The minimum absolute atomic E-state index is 0.234. The van der Waals surface area contributed by atoms with Crippen LogP contribution in [0.25, 0.3) is 0 Å². The van der Waals surface area contributed by atoms with Crippen LogP contribution in [-0.2, 0) is 14.3 Å². The quantitative estimate of drug-likeness (QED) is 0.599. The lowest BCUT2D eigenvalue weighted by Gasteiger charge is -2.09. The Hall–Kier alpha value is -1.11. The first-order valence-corrected chi connectivity index (χ1v) is 7.68. The number of rotatable bonds is 6. The lowest BCUT2D eigenvalue weighted by Crippen LogP contribution is -2.21. The maximum Gasteiger partial charge on any atom is 0.306 e. The van der Waals surface area contributed by atoms with Gasteiger partial charge in [-0.3, -0.25) is 9.59 Å². The number of benzene rings is 1. The van der Waals surface area contributed by atoms with Crippen molar-refractivity contribution < 1.29 is 14.3 Å². The summed E-state index contributed by atoms with van der Waals surface area (Å²) in [6.45, 7) is 5.77. The summed E-state index contributed by atoms with van der Waals surface area (Å²) in [5.41, 5.74) is 1.73. The zero-order valence-electron chi connectivity index (χ0n) is 12.0. The number of carbonyl (C=O) groups excluding carboxylic acids is 2. The van der Waals surface area contributed by atoms with Gasteiger partial charge >= 0.3 is 5.97 Å². The van der Waals surface area contributed by atoms with Crippen molar-refractivity contribution in [3.8, 4) is 0 Å². The van der Waals surface area contributed by atoms with Crippen molar-refractivity contribution in [2.24, 2.45) is 5.92 Å². The first kappa shape index (κ1) is 16.9. The van der Waals surface area contributed by atoms with Crippen LogP contribution in [-0.4, -0.2) is 18.5 Å². The van der Waals surface area contributed by atoms with Crippen molar-refractivity contribution in [3.63, 3.8) is 0 Å². The molecule has 0 bridgehead atoms. The van der Waals surface area contributed by atoms with Gasteiger partial charge in [-0.1, -0.05) is 13.8 Å². The highest BCUT2D eigenvalue weighted by atomic mass is 127. The molecule has 0 radical (unpaired) electrons. The van der Waals surface area contributed by atoms with Crippen LogP contribution >= 0.6 is 22.6 Å². The van der Waals surface area contributed by atoms with Gasteiger partial charge in [-0.05, 0) is 65.6 Å². The van der Waals surface area contributed by atoms with E-state index in [0.29, 0.717) is 12.3 Å². The maximum absolute atomic E-state index is 11.7. The number of hydrogen-bond acceptors (Lipinski definition) is 3. The van der Waals surface area contributed by atoms with E-state index in [1.807, 2.05) is 39.0 Å². The van der Waals surface area contributed by atoms with E-state index in [1.54, 1.807) is 0 Å². The minimum atomic E-state index is -0.326. The number of ether oxygens (including phenoxy) is 1. The van der Waals surface area contributed by atoms with Gasteiger partial charge in [0.05, 0.1) is 0 Å². The second-order valence-electron chi connectivity index (χ2n) is 5.10. The molecule has 0 fully saturated rings. The minimum Gasteiger partial charge on any atom is -0.456 e. The average Bonchev–Trinajstić information content (AvgIpc) is 2.37. The third-order valence-electron chi connectivity index (χ3n) is 2.75. The van der Waals surface area contributed by atoms with Gasteiger partial charge in [-0.25, -0.2) is 0 Å². The fourth-order valence-electron chi connectivity index (χ4n) is 1.58. The molecule has 0 aliphatic rings. The summed E-state index contributed by atoms with van der Waals surface area (Å²) in [6.07, 6.45) is 1.13. The molecule has 0 aliphatic heterocycles. The SMILES string of the molecule is Cc1cc(I)ccc1NC(=O)COC(=O)CCC(C)C. The molecule has 0 heterocycles. The van der Waals surface area contributed by atoms with E-state index in [-0.39, 0.29) is 18.5 Å². The first-order valence-electron chi connectivity index (χ1n) is 6.60. The highest BCUT2D eigenvalue weighted by molar-refractivity contribution is 14.1. The standard InChI is InChI=1S/C15H20INO3/c1-10(2)4-7-15(19)20-9-14(18)17-13-6-5-12(16)8-11(13)3/h5-6,8,10H,4,7,9H2,1-3H3,(H,17,18). The number of carbonyl (C=O) groups is 2. The van der Waals surface area contributed by atoms with Gasteiger partial charge < -0.3 is 10.1 Å². The number of amides is 1. The molecule has 0 saturated carbocycles. The molecule has 0 aliphatic carbocycles. The molecule has 1 aromatic carbocycles. The van der Waals surface area contributed by atoms with E-state index in [4.69, 9.17) is 4.74 Å². The fourth-order valence-corrected chi connectivity index (χ4v) is 2.23. The second kappa shape index (κ2) is 8.24. The molecule has 20 heavy (non-hydrogen) atoms. The van der Waals surface area contributed by atoms with Crippen molar-refractivity contribution in [2.45, 2.75) is 33.6 Å². The van der Waals surface area contributed by atoms with Crippen molar-refractivity contribution in [3.05, 3.63) is 27.3 Å². The topological polar surface area (TPSA) is 55.4 Å². The molecule has 110 valence electrons. The zero-order valence-corrected chi connectivity index (χ0v) is 14.2. The number of halogens is 1. The van der Waals surface area contributed by atoms with Gasteiger partial charge in [0, 0.05) is 15.7 Å². The average molecular weight is 389 g/mol. The van der Waals surface area contributed by atoms with Crippen LogP contribution in [0.1, 0.15) is 32.3 Å². The third-order valence-corrected chi connectivity index (χ3v) is 3.42. The molecule has 0 spiro atoms. The van der Waals surface area contributed by atoms with Gasteiger partial charge in [-0.2, -0.15) is 0 Å². The van der Waals surface area contributed by atoms with Crippen molar-refractivity contribution in [1.82, 2.24) is 0 Å². The van der Waals surface area contributed by atoms with E-state index >= 15 is 0 Å². The van der Waals surface area contributed by atoms with Crippen LogP contribution in [0.3, 0.4) is 0 Å². The van der Waals surface area contributed by atoms with E-state index in [1.165, 1.54) is 0 Å². The summed E-state index contributed by atoms with van der Waals surface area (Å²) in [5.74, 6) is -0.189. The van der Waals surface area contributed by atoms with Crippen molar-refractivity contribution in [2.75, 3.05) is 11.9 Å². The van der Waals surface area contributed by atoms with E-state index in [0.717, 1.165) is 21.2 Å². The Balaban J connectivity index is 2.38. The number of esters is 1. The molecule has 4 nitrogen and oxygen atoms in total. The van der Waals surface area contributed by atoms with Crippen LogP contribution in [0.15, 0.2) is 18.2 Å². The fraction of sp³-hybridized carbons (Fsp3) is 0.467. The van der Waals surface area contributed by atoms with E-state index in [9.17, 15) is 9.59 Å². The summed E-state index contributed by atoms with van der Waals surface area (Å²) in [6, 6.07) is 5.73. The van der Waals surface area contributed by atoms with Crippen LogP contribution in [0.4, 0.5) is 5.69 Å². The highest BCUT2D eigenvalue weighted by Gasteiger charge is 2.09. The number of nitrogens with one attached hydrogen (secondary N) is 1. The maximum atomic E-state index is 11.7. The zero-order chi connectivity index (χ0) is 15.1. The Morgan fingerprint density at radius 2 is 2.05 bits per heavy atom. The van der Waals surface area contributed by atoms with Crippen LogP contribution in [0.5, 0.6) is 0 Å². The first-order chi connectivity index (χ1) is 9.38. The Morgan fingerprint density at radius 3 is 2.65 bits per heavy atom. The number of hydrogen-bond donors (Lipinski definition) is 1. The van der Waals surface area contributed by atoms with E-state index < -0.39 is 0 Å². The largest absolute Gasteiger partial charge is 0.456 e. The smallest absolute Gasteiger partial charge is 0.306 e. The molecule has 0 aromatic heterocycles. The lowest BCUT2D eigenvalue weighted by molar-refractivity contribution is -0.147. The third kappa shape index (κ3) is 6.36. The summed E-state index contributed by atoms with van der Waals surface area (Å²) in [4.78, 5) is 23.1. The predicted octanol–water partition coefficient (Wildman–Crippen LogP) is 3.52. The molecule has 1 aromatic rings. The molecular weight excluding hydrogens is 369 g/mol. The molecule has 0 saturated heterocycles. The molecule has 0 atom stereocenters. The highest BCUT2D eigenvalue weighted by Crippen LogP contribution is 2.17. The van der Waals surface area contributed by atoms with Crippen LogP contribution in [0.2, 0.25) is 0 Å². The number of anilines is 1. The monoisotopic (exact) mass is 389 g/mol. The molecule has 1 rings (SSSR count). The molecule has 1 N–H and O–H groups in total. The molecule has 5 heteroatoms.